The van der Waals surface area contributed by atoms with Gasteiger partial charge in [0.05, 0.1) is 4.92 Å². The molecule has 2 rings (SSSR count). The van der Waals surface area contributed by atoms with Crippen molar-refractivity contribution in [3.63, 3.8) is 0 Å². The Morgan fingerprint density at radius 2 is 2.05 bits per heavy atom. The maximum Gasteiger partial charge on any atom is 0.406 e. The molecule has 0 unspecified atom stereocenters. The maximum absolute atomic E-state index is 12.7. The zero-order chi connectivity index (χ0) is 14.3. The Hall–Kier alpha value is -1.34. The lowest BCUT2D eigenvalue weighted by atomic mass is 10.1. The summed E-state index contributed by atoms with van der Waals surface area (Å²) in [5, 5.41) is 13.4. The third-order valence-electron chi connectivity index (χ3n) is 3.15. The first-order chi connectivity index (χ1) is 8.75. The van der Waals surface area contributed by atoms with Gasteiger partial charge in [0.15, 0.2) is 0 Å². The molecule has 104 valence electrons. The summed E-state index contributed by atoms with van der Waals surface area (Å²) in [5.74, 6) is 0. The number of nitrogens with zero attached hydrogens (tertiary/aromatic N) is 1. The van der Waals surface area contributed by atoms with E-state index in [1.54, 1.807) is 0 Å². The van der Waals surface area contributed by atoms with E-state index in [0.29, 0.717) is 0 Å². The number of hydrogen-bond donors (Lipinski definition) is 1. The Morgan fingerprint density at radius 3 is 2.53 bits per heavy atom. The Balaban J connectivity index is 2.15. The van der Waals surface area contributed by atoms with Gasteiger partial charge in [0.25, 0.3) is 5.69 Å². The first-order valence-corrected chi connectivity index (χ1v) is 5.87. The van der Waals surface area contributed by atoms with Gasteiger partial charge in [-0.15, -0.1) is 0 Å². The van der Waals surface area contributed by atoms with Crippen LogP contribution in [0.4, 0.5) is 18.9 Å². The number of nitro groups is 1. The summed E-state index contributed by atoms with van der Waals surface area (Å²) < 4.78 is 38.1. The van der Waals surface area contributed by atoms with Gasteiger partial charge < -0.3 is 0 Å². The van der Waals surface area contributed by atoms with Crippen LogP contribution >= 0.6 is 11.6 Å². The fraction of sp³-hybridized carbons (Fsp3) is 0.455. The molecule has 1 aromatic carbocycles. The molecule has 1 saturated carbocycles. The van der Waals surface area contributed by atoms with Crippen molar-refractivity contribution >= 4 is 17.3 Å². The van der Waals surface area contributed by atoms with Gasteiger partial charge in [-0.2, -0.15) is 13.2 Å². The van der Waals surface area contributed by atoms with Crippen molar-refractivity contribution in [1.82, 2.24) is 5.32 Å². The summed E-state index contributed by atoms with van der Waals surface area (Å²) in [6.07, 6.45) is -4.34. The van der Waals surface area contributed by atoms with Gasteiger partial charge in [0.2, 0.25) is 0 Å². The molecule has 19 heavy (non-hydrogen) atoms. The molecule has 8 heteroatoms. The molecular weight excluding hydrogens is 285 g/mol. The molecule has 1 fully saturated rings. The first-order valence-electron chi connectivity index (χ1n) is 5.50. The molecule has 0 saturated heterocycles. The Morgan fingerprint density at radius 1 is 1.42 bits per heavy atom. The minimum atomic E-state index is -4.34. The number of benzene rings is 1. The van der Waals surface area contributed by atoms with E-state index in [-0.39, 0.29) is 35.7 Å². The number of nitrogens with one attached hydrogen (secondary N) is 1. The van der Waals surface area contributed by atoms with Crippen LogP contribution in [0.3, 0.4) is 0 Å². The van der Waals surface area contributed by atoms with Gasteiger partial charge >= 0.3 is 6.18 Å². The highest BCUT2D eigenvalue weighted by molar-refractivity contribution is 6.30. The lowest BCUT2D eigenvalue weighted by Crippen LogP contribution is -2.44. The lowest BCUT2D eigenvalue weighted by Gasteiger charge is -2.20. The zero-order valence-corrected chi connectivity index (χ0v) is 10.4. The van der Waals surface area contributed by atoms with Gasteiger partial charge in [0, 0.05) is 23.2 Å². The van der Waals surface area contributed by atoms with E-state index in [9.17, 15) is 23.3 Å². The van der Waals surface area contributed by atoms with Crippen LogP contribution < -0.4 is 5.32 Å². The van der Waals surface area contributed by atoms with E-state index in [0.717, 1.165) is 6.07 Å². The molecule has 0 radical (unpaired) electrons. The fourth-order valence-electron chi connectivity index (χ4n) is 1.81. The van der Waals surface area contributed by atoms with Crippen molar-refractivity contribution in [1.29, 1.82) is 0 Å². The van der Waals surface area contributed by atoms with Gasteiger partial charge in [-0.05, 0) is 25.0 Å². The summed E-state index contributed by atoms with van der Waals surface area (Å²) in [6.45, 7) is -0.215. The smallest absolute Gasteiger partial charge is 0.299 e. The predicted molar refractivity (Wildman–Crippen MR) is 63.0 cm³/mol. The molecule has 0 amide bonds. The van der Waals surface area contributed by atoms with Crippen LogP contribution in [0.15, 0.2) is 18.2 Å². The SMILES string of the molecule is O=[N+]([O-])c1cc(Cl)ccc1CNC1(C(F)(F)F)CC1. The van der Waals surface area contributed by atoms with Crippen molar-refractivity contribution in [3.8, 4) is 0 Å². The lowest BCUT2D eigenvalue weighted by molar-refractivity contribution is -0.385. The number of halogens is 4. The third-order valence-corrected chi connectivity index (χ3v) is 3.39. The molecule has 0 heterocycles. The minimum absolute atomic E-state index is 0.00210. The molecule has 0 aliphatic heterocycles. The monoisotopic (exact) mass is 294 g/mol. The number of alkyl halides is 3. The molecule has 0 aromatic heterocycles. The van der Waals surface area contributed by atoms with Crippen LogP contribution in [0.5, 0.6) is 0 Å². The van der Waals surface area contributed by atoms with Crippen molar-refractivity contribution in [2.75, 3.05) is 0 Å². The largest absolute Gasteiger partial charge is 0.406 e. The summed E-state index contributed by atoms with van der Waals surface area (Å²) >= 11 is 5.63. The highest BCUT2D eigenvalue weighted by Crippen LogP contribution is 2.49. The quantitative estimate of drug-likeness (QED) is 0.683. The second kappa shape index (κ2) is 4.64. The van der Waals surface area contributed by atoms with Crippen LogP contribution in [-0.4, -0.2) is 16.6 Å². The molecule has 0 atom stereocenters. The van der Waals surface area contributed by atoms with E-state index in [1.807, 2.05) is 0 Å². The van der Waals surface area contributed by atoms with Crippen LogP contribution in [-0.2, 0) is 6.54 Å². The third kappa shape index (κ3) is 2.82. The Labute approximate surface area is 111 Å². The molecule has 1 N–H and O–H groups in total. The first kappa shape index (κ1) is 14.1. The number of hydrogen-bond acceptors (Lipinski definition) is 3. The van der Waals surface area contributed by atoms with E-state index in [4.69, 9.17) is 11.6 Å². The molecule has 4 nitrogen and oxygen atoms in total. The van der Waals surface area contributed by atoms with Gasteiger partial charge in [-0.3, -0.25) is 15.4 Å². The average molecular weight is 295 g/mol. The molecule has 1 aliphatic carbocycles. The number of nitro benzene ring substituents is 1. The average Bonchev–Trinajstić information content (AvgIpc) is 3.07. The van der Waals surface area contributed by atoms with Gasteiger partial charge in [-0.1, -0.05) is 11.6 Å². The number of rotatable bonds is 4. The van der Waals surface area contributed by atoms with Crippen molar-refractivity contribution in [2.45, 2.75) is 31.1 Å². The Kier molecular flexibility index (Phi) is 3.44. The molecule has 1 aliphatic rings. The maximum atomic E-state index is 12.7. The molecular formula is C11H10ClF3N2O2. The van der Waals surface area contributed by atoms with Crippen molar-refractivity contribution in [3.05, 3.63) is 38.9 Å². The summed E-state index contributed by atoms with van der Waals surface area (Å²) in [5.41, 5.74) is -1.98. The summed E-state index contributed by atoms with van der Waals surface area (Å²) in [6, 6.07) is 3.91. The van der Waals surface area contributed by atoms with Crippen molar-refractivity contribution in [2.24, 2.45) is 0 Å². The minimum Gasteiger partial charge on any atom is -0.299 e. The van der Waals surface area contributed by atoms with Crippen LogP contribution in [0.25, 0.3) is 0 Å². The summed E-state index contributed by atoms with van der Waals surface area (Å²) in [7, 11) is 0. The molecule has 1 aromatic rings. The summed E-state index contributed by atoms with van der Waals surface area (Å²) in [4.78, 5) is 10.2. The van der Waals surface area contributed by atoms with Gasteiger partial charge in [0.1, 0.15) is 5.54 Å². The standard InChI is InChI=1S/C11H10ClF3N2O2/c12-8-2-1-7(9(5-8)17(18)19)6-16-10(3-4-10)11(13,14)15/h1-2,5,16H,3-4,6H2. The topological polar surface area (TPSA) is 55.2 Å². The predicted octanol–water partition coefficient (Wildman–Crippen LogP) is 3.43. The van der Waals surface area contributed by atoms with Crippen molar-refractivity contribution < 1.29 is 18.1 Å². The highest BCUT2D eigenvalue weighted by Gasteiger charge is 2.63. The normalized spacial score (nSPS) is 17.3. The fourth-order valence-corrected chi connectivity index (χ4v) is 1.97. The highest BCUT2D eigenvalue weighted by atomic mass is 35.5. The van der Waals surface area contributed by atoms with Crippen LogP contribution in [0, 0.1) is 10.1 Å². The second-order valence-electron chi connectivity index (χ2n) is 4.46. The zero-order valence-electron chi connectivity index (χ0n) is 9.63. The van der Waals surface area contributed by atoms with Crippen LogP contribution in [0.2, 0.25) is 5.02 Å². The molecule has 0 bridgehead atoms. The van der Waals surface area contributed by atoms with Gasteiger partial charge in [-0.25, -0.2) is 0 Å². The molecule has 0 spiro atoms. The van der Waals surface area contributed by atoms with Crippen LogP contribution in [0.1, 0.15) is 18.4 Å². The van der Waals surface area contributed by atoms with E-state index >= 15 is 0 Å². The van der Waals surface area contributed by atoms with E-state index in [2.05, 4.69) is 5.32 Å². The second-order valence-corrected chi connectivity index (χ2v) is 4.90. The van der Waals surface area contributed by atoms with E-state index < -0.39 is 16.6 Å². The van der Waals surface area contributed by atoms with E-state index in [1.165, 1.54) is 12.1 Å². The Bertz CT molecular complexity index is 515.